The Hall–Kier alpha value is -4.12. The lowest BCUT2D eigenvalue weighted by Gasteiger charge is -2.09. The molecule has 3 heterocycles. The molecule has 0 fully saturated rings. The summed E-state index contributed by atoms with van der Waals surface area (Å²) in [4.78, 5) is 17.6. The Kier molecular flexibility index (Phi) is 4.94. The Morgan fingerprint density at radius 1 is 1.20 bits per heavy atom. The van der Waals surface area contributed by atoms with Crippen LogP contribution in [-0.2, 0) is 0 Å². The predicted molar refractivity (Wildman–Crippen MR) is 109 cm³/mol. The maximum atomic E-state index is 13.1. The van der Waals surface area contributed by atoms with Crippen molar-refractivity contribution in [3.05, 3.63) is 59.2 Å². The Morgan fingerprint density at radius 2 is 1.97 bits per heavy atom. The minimum Gasteiger partial charge on any atom is -0.479 e. The van der Waals surface area contributed by atoms with E-state index in [0.717, 1.165) is 11.3 Å². The molecular formula is C22H18N4O4. The molecule has 1 amide bonds. The highest BCUT2D eigenvalue weighted by Crippen LogP contribution is 2.31. The van der Waals surface area contributed by atoms with Gasteiger partial charge in [-0.1, -0.05) is 5.16 Å². The topological polar surface area (TPSA) is 114 Å². The van der Waals surface area contributed by atoms with Crippen LogP contribution >= 0.6 is 0 Å². The summed E-state index contributed by atoms with van der Waals surface area (Å²) in [6.45, 7) is 5.42. The zero-order valence-electron chi connectivity index (χ0n) is 16.6. The molecule has 4 aromatic rings. The Balaban J connectivity index is 1.70. The van der Waals surface area contributed by atoms with Gasteiger partial charge in [0.25, 0.3) is 11.6 Å². The number of nitrogens with zero attached hydrogens (tertiary/aromatic N) is 3. The second-order valence-corrected chi connectivity index (χ2v) is 6.76. The number of rotatable bonds is 5. The second-order valence-electron chi connectivity index (χ2n) is 6.76. The lowest BCUT2D eigenvalue weighted by Crippen LogP contribution is -2.13. The van der Waals surface area contributed by atoms with Crippen molar-refractivity contribution in [1.82, 2.24) is 10.1 Å². The first-order valence-electron chi connectivity index (χ1n) is 9.22. The summed E-state index contributed by atoms with van der Waals surface area (Å²) in [6.07, 6.45) is 0. The highest BCUT2D eigenvalue weighted by atomic mass is 16.5. The van der Waals surface area contributed by atoms with Crippen LogP contribution in [0.4, 0.5) is 5.69 Å². The number of fused-ring (bicyclic) bond motifs is 1. The van der Waals surface area contributed by atoms with Crippen LogP contribution in [0.15, 0.2) is 45.3 Å². The molecule has 0 aliphatic rings. The predicted octanol–water partition coefficient (Wildman–Crippen LogP) is 4.56. The maximum absolute atomic E-state index is 13.1. The number of carbonyl (C=O) groups excluding carboxylic acids is 1. The van der Waals surface area contributed by atoms with Gasteiger partial charge in [0, 0.05) is 11.3 Å². The van der Waals surface area contributed by atoms with Gasteiger partial charge in [-0.15, -0.1) is 0 Å². The first-order chi connectivity index (χ1) is 14.5. The highest BCUT2D eigenvalue weighted by molar-refractivity contribution is 6.13. The normalized spacial score (nSPS) is 10.7. The number of hydrogen-bond donors (Lipinski definition) is 1. The Bertz CT molecular complexity index is 1280. The number of hydrogen-bond acceptors (Lipinski definition) is 7. The number of anilines is 1. The van der Waals surface area contributed by atoms with Gasteiger partial charge in [0.15, 0.2) is 6.61 Å². The number of nitrogens with one attached hydrogen (secondary N) is 1. The molecule has 0 aliphatic heterocycles. The fourth-order valence-corrected chi connectivity index (χ4v) is 3.25. The third kappa shape index (κ3) is 3.61. The number of furan rings is 1. The summed E-state index contributed by atoms with van der Waals surface area (Å²) in [5.41, 5.74) is 3.20. The highest BCUT2D eigenvalue weighted by Gasteiger charge is 2.21. The van der Waals surface area contributed by atoms with E-state index in [1.165, 1.54) is 0 Å². The molecule has 4 rings (SSSR count). The van der Waals surface area contributed by atoms with Crippen LogP contribution in [0.25, 0.3) is 22.4 Å². The number of aromatic nitrogens is 2. The van der Waals surface area contributed by atoms with E-state index in [-0.39, 0.29) is 18.2 Å². The summed E-state index contributed by atoms with van der Waals surface area (Å²) in [5.74, 6) is 1.68. The van der Waals surface area contributed by atoms with Crippen molar-refractivity contribution in [3.8, 4) is 23.1 Å². The monoisotopic (exact) mass is 402 g/mol. The third-order valence-corrected chi connectivity index (χ3v) is 4.59. The molecule has 0 atom stereocenters. The number of pyridine rings is 1. The van der Waals surface area contributed by atoms with Crippen LogP contribution in [0.2, 0.25) is 0 Å². The second kappa shape index (κ2) is 7.72. The summed E-state index contributed by atoms with van der Waals surface area (Å²) >= 11 is 0. The minimum atomic E-state index is -0.321. The molecule has 30 heavy (non-hydrogen) atoms. The first kappa shape index (κ1) is 19.2. The van der Waals surface area contributed by atoms with Gasteiger partial charge >= 0.3 is 0 Å². The molecule has 1 N–H and O–H groups in total. The number of carbonyl (C=O) groups is 1. The van der Waals surface area contributed by atoms with Crippen LogP contribution in [0.1, 0.15) is 27.6 Å². The molecule has 3 aromatic heterocycles. The molecule has 0 unspecified atom stereocenters. The van der Waals surface area contributed by atoms with Crippen molar-refractivity contribution in [2.24, 2.45) is 0 Å². The van der Waals surface area contributed by atoms with Crippen LogP contribution in [0.3, 0.4) is 0 Å². The van der Waals surface area contributed by atoms with Crippen molar-refractivity contribution < 1.29 is 18.5 Å². The number of nitriles is 1. The van der Waals surface area contributed by atoms with Crippen LogP contribution in [0.5, 0.6) is 5.75 Å². The van der Waals surface area contributed by atoms with E-state index >= 15 is 0 Å². The smallest absolute Gasteiger partial charge is 0.259 e. The van der Waals surface area contributed by atoms with Gasteiger partial charge in [0.05, 0.1) is 22.3 Å². The van der Waals surface area contributed by atoms with Gasteiger partial charge < -0.3 is 19.0 Å². The van der Waals surface area contributed by atoms with Crippen molar-refractivity contribution in [1.29, 1.82) is 5.26 Å². The molecular weight excluding hydrogens is 384 g/mol. The average molecular weight is 402 g/mol. The fourth-order valence-electron chi connectivity index (χ4n) is 3.25. The molecule has 0 bridgehead atoms. The number of ether oxygens (including phenoxy) is 1. The van der Waals surface area contributed by atoms with E-state index < -0.39 is 0 Å². The zero-order chi connectivity index (χ0) is 21.3. The summed E-state index contributed by atoms with van der Waals surface area (Å²) < 4.78 is 16.2. The van der Waals surface area contributed by atoms with E-state index in [4.69, 9.17) is 18.9 Å². The standard InChI is InChI=1S/C22H18N4O4/c1-12-10-17(14(3)29-12)19-11-18(20-13(2)26-30-22(20)25-19)21(27)24-15-4-6-16(7-5-15)28-9-8-23/h4-7,10-11H,9H2,1-3H3,(H,24,27). The molecule has 0 radical (unpaired) electrons. The van der Waals surface area contributed by atoms with Crippen molar-refractivity contribution in [2.75, 3.05) is 11.9 Å². The quantitative estimate of drug-likeness (QED) is 0.520. The van der Waals surface area contributed by atoms with Gasteiger partial charge in [0.1, 0.15) is 23.3 Å². The van der Waals surface area contributed by atoms with Gasteiger partial charge in [-0.2, -0.15) is 5.26 Å². The Morgan fingerprint density at radius 3 is 2.63 bits per heavy atom. The van der Waals surface area contributed by atoms with E-state index in [9.17, 15) is 4.79 Å². The number of amides is 1. The first-order valence-corrected chi connectivity index (χ1v) is 9.22. The molecule has 0 saturated carbocycles. The summed E-state index contributed by atoms with van der Waals surface area (Å²) in [7, 11) is 0. The average Bonchev–Trinajstić information content (AvgIpc) is 3.28. The number of benzene rings is 1. The molecule has 0 spiro atoms. The largest absolute Gasteiger partial charge is 0.479 e. The lowest BCUT2D eigenvalue weighted by atomic mass is 10.1. The molecule has 150 valence electrons. The molecule has 1 aromatic carbocycles. The van der Waals surface area contributed by atoms with Crippen LogP contribution in [0, 0.1) is 32.1 Å². The van der Waals surface area contributed by atoms with Crippen molar-refractivity contribution >= 4 is 22.7 Å². The zero-order valence-corrected chi connectivity index (χ0v) is 16.6. The van der Waals surface area contributed by atoms with E-state index in [2.05, 4.69) is 15.5 Å². The minimum absolute atomic E-state index is 0.0385. The molecule has 0 aliphatic carbocycles. The third-order valence-electron chi connectivity index (χ3n) is 4.59. The maximum Gasteiger partial charge on any atom is 0.259 e. The van der Waals surface area contributed by atoms with Crippen molar-refractivity contribution in [2.45, 2.75) is 20.8 Å². The van der Waals surface area contributed by atoms with Crippen molar-refractivity contribution in [3.63, 3.8) is 0 Å². The van der Waals surface area contributed by atoms with E-state index in [1.807, 2.05) is 26.0 Å². The molecule has 0 saturated heterocycles. The van der Waals surface area contributed by atoms with Gasteiger partial charge in [-0.05, 0) is 57.2 Å². The summed E-state index contributed by atoms with van der Waals surface area (Å²) in [5, 5.41) is 16.0. The molecule has 8 nitrogen and oxygen atoms in total. The van der Waals surface area contributed by atoms with E-state index in [1.54, 1.807) is 37.3 Å². The summed E-state index contributed by atoms with van der Waals surface area (Å²) in [6, 6.07) is 12.3. The van der Waals surface area contributed by atoms with Crippen LogP contribution in [-0.4, -0.2) is 22.7 Å². The SMILES string of the molecule is Cc1cc(-c2cc(C(=O)Nc3ccc(OCC#N)cc3)c3c(C)noc3n2)c(C)o1. The van der Waals surface area contributed by atoms with E-state index in [0.29, 0.717) is 39.5 Å². The van der Waals surface area contributed by atoms with Gasteiger partial charge in [-0.3, -0.25) is 4.79 Å². The number of aryl methyl sites for hydroxylation is 3. The lowest BCUT2D eigenvalue weighted by molar-refractivity contribution is 0.102. The Labute approximate surface area is 172 Å². The van der Waals surface area contributed by atoms with Gasteiger partial charge in [-0.25, -0.2) is 4.98 Å². The molecule has 8 heteroatoms. The fraction of sp³-hybridized carbons (Fsp3) is 0.182. The van der Waals surface area contributed by atoms with Crippen LogP contribution < -0.4 is 10.1 Å². The van der Waals surface area contributed by atoms with Gasteiger partial charge in [0.2, 0.25) is 0 Å².